The SMILES string of the molecule is COc1cccc(C2CCCN2CC(=O)N2CCCC(C)C2)c1. The van der Waals surface area contributed by atoms with Crippen LogP contribution in [0.4, 0.5) is 0 Å². The monoisotopic (exact) mass is 316 g/mol. The van der Waals surface area contributed by atoms with E-state index in [1.165, 1.54) is 12.0 Å². The van der Waals surface area contributed by atoms with Gasteiger partial charge >= 0.3 is 0 Å². The molecular weight excluding hydrogens is 288 g/mol. The fraction of sp³-hybridized carbons (Fsp3) is 0.632. The molecule has 2 unspecified atom stereocenters. The summed E-state index contributed by atoms with van der Waals surface area (Å²) in [4.78, 5) is 17.1. The summed E-state index contributed by atoms with van der Waals surface area (Å²) in [6.07, 6.45) is 4.68. The van der Waals surface area contributed by atoms with E-state index in [1.54, 1.807) is 7.11 Å². The van der Waals surface area contributed by atoms with Gasteiger partial charge in [0.25, 0.3) is 0 Å². The fourth-order valence-corrected chi connectivity index (χ4v) is 3.93. The highest BCUT2D eigenvalue weighted by Gasteiger charge is 2.30. The molecule has 2 saturated heterocycles. The van der Waals surface area contributed by atoms with Crippen molar-refractivity contribution >= 4 is 5.91 Å². The van der Waals surface area contributed by atoms with Crippen molar-refractivity contribution in [1.82, 2.24) is 9.80 Å². The molecule has 1 aromatic rings. The summed E-state index contributed by atoms with van der Waals surface area (Å²) in [6, 6.07) is 8.62. The number of methoxy groups -OCH3 is 1. The van der Waals surface area contributed by atoms with Crippen molar-refractivity contribution in [1.29, 1.82) is 0 Å². The minimum Gasteiger partial charge on any atom is -0.497 e. The van der Waals surface area contributed by atoms with Gasteiger partial charge in [0.15, 0.2) is 0 Å². The molecule has 2 aliphatic rings. The first-order chi connectivity index (χ1) is 11.2. The Morgan fingerprint density at radius 2 is 2.09 bits per heavy atom. The zero-order chi connectivity index (χ0) is 16.2. The maximum atomic E-state index is 12.7. The minimum absolute atomic E-state index is 0.298. The van der Waals surface area contributed by atoms with Crippen LogP contribution in [0.1, 0.15) is 44.2 Å². The van der Waals surface area contributed by atoms with Crippen molar-refractivity contribution in [3.8, 4) is 5.75 Å². The molecule has 2 aliphatic heterocycles. The first-order valence-electron chi connectivity index (χ1n) is 8.83. The molecule has 3 rings (SSSR count). The van der Waals surface area contributed by atoms with E-state index in [2.05, 4.69) is 28.9 Å². The zero-order valence-corrected chi connectivity index (χ0v) is 14.3. The average molecular weight is 316 g/mol. The Balaban J connectivity index is 1.65. The molecule has 0 aromatic heterocycles. The molecule has 0 spiro atoms. The third-order valence-electron chi connectivity index (χ3n) is 5.19. The Bertz CT molecular complexity index is 546. The summed E-state index contributed by atoms with van der Waals surface area (Å²) >= 11 is 0. The Labute approximate surface area is 139 Å². The van der Waals surface area contributed by atoms with Gasteiger partial charge in [-0.1, -0.05) is 19.1 Å². The van der Waals surface area contributed by atoms with E-state index in [4.69, 9.17) is 4.74 Å². The molecule has 0 radical (unpaired) electrons. The highest BCUT2D eigenvalue weighted by Crippen LogP contribution is 2.33. The number of amides is 1. The second kappa shape index (κ2) is 7.35. The maximum Gasteiger partial charge on any atom is 0.236 e. The van der Waals surface area contributed by atoms with Crippen molar-refractivity contribution in [3.63, 3.8) is 0 Å². The van der Waals surface area contributed by atoms with Crippen LogP contribution in [0, 0.1) is 5.92 Å². The Kier molecular flexibility index (Phi) is 5.21. The van der Waals surface area contributed by atoms with Crippen molar-refractivity contribution in [2.45, 2.75) is 38.6 Å². The second-order valence-corrected chi connectivity index (χ2v) is 6.99. The van der Waals surface area contributed by atoms with E-state index in [0.29, 0.717) is 24.4 Å². The van der Waals surface area contributed by atoms with Crippen LogP contribution in [0.25, 0.3) is 0 Å². The molecule has 1 aromatic carbocycles. The van der Waals surface area contributed by atoms with Crippen LogP contribution in [0.2, 0.25) is 0 Å². The molecule has 2 fully saturated rings. The molecule has 0 aliphatic carbocycles. The molecule has 4 heteroatoms. The smallest absolute Gasteiger partial charge is 0.236 e. The highest BCUT2D eigenvalue weighted by molar-refractivity contribution is 5.78. The van der Waals surface area contributed by atoms with Crippen LogP contribution in [0.15, 0.2) is 24.3 Å². The molecule has 4 nitrogen and oxygen atoms in total. The van der Waals surface area contributed by atoms with E-state index in [-0.39, 0.29) is 0 Å². The van der Waals surface area contributed by atoms with Crippen LogP contribution >= 0.6 is 0 Å². The molecule has 0 N–H and O–H groups in total. The summed E-state index contributed by atoms with van der Waals surface area (Å²) in [5.74, 6) is 1.83. The third-order valence-corrected chi connectivity index (χ3v) is 5.19. The number of likely N-dealkylation sites (tertiary alicyclic amines) is 2. The molecule has 23 heavy (non-hydrogen) atoms. The predicted octanol–water partition coefficient (Wildman–Crippen LogP) is 3.09. The first kappa shape index (κ1) is 16.3. The van der Waals surface area contributed by atoms with E-state index in [1.807, 2.05) is 12.1 Å². The van der Waals surface area contributed by atoms with Gasteiger partial charge in [-0.15, -0.1) is 0 Å². The molecular formula is C19H28N2O2. The lowest BCUT2D eigenvalue weighted by Gasteiger charge is -2.33. The number of hydrogen-bond donors (Lipinski definition) is 0. The number of benzene rings is 1. The van der Waals surface area contributed by atoms with Gasteiger partial charge in [-0.05, 0) is 55.8 Å². The van der Waals surface area contributed by atoms with Crippen molar-refractivity contribution < 1.29 is 9.53 Å². The fourth-order valence-electron chi connectivity index (χ4n) is 3.93. The van der Waals surface area contributed by atoms with Gasteiger partial charge in [0.05, 0.1) is 13.7 Å². The van der Waals surface area contributed by atoms with Gasteiger partial charge in [0.1, 0.15) is 5.75 Å². The van der Waals surface area contributed by atoms with Crippen LogP contribution in [-0.4, -0.2) is 49.0 Å². The van der Waals surface area contributed by atoms with Gasteiger partial charge in [0, 0.05) is 19.1 Å². The topological polar surface area (TPSA) is 32.8 Å². The molecule has 2 atom stereocenters. The van der Waals surface area contributed by atoms with E-state index in [0.717, 1.165) is 44.6 Å². The summed E-state index contributed by atoms with van der Waals surface area (Å²) in [5.41, 5.74) is 1.27. The van der Waals surface area contributed by atoms with Crippen molar-refractivity contribution in [2.24, 2.45) is 5.92 Å². The Hall–Kier alpha value is -1.55. The number of piperidine rings is 1. The average Bonchev–Trinajstić information content (AvgIpc) is 3.03. The zero-order valence-electron chi connectivity index (χ0n) is 14.3. The minimum atomic E-state index is 0.298. The van der Waals surface area contributed by atoms with Crippen LogP contribution in [0.3, 0.4) is 0 Å². The lowest BCUT2D eigenvalue weighted by atomic mass is 10.00. The number of rotatable bonds is 4. The summed E-state index contributed by atoms with van der Waals surface area (Å²) < 4.78 is 5.34. The van der Waals surface area contributed by atoms with Gasteiger partial charge in [0.2, 0.25) is 5.91 Å². The lowest BCUT2D eigenvalue weighted by Crippen LogP contribution is -2.44. The summed E-state index contributed by atoms with van der Waals surface area (Å²) in [6.45, 7) is 5.66. The van der Waals surface area contributed by atoms with Crippen LogP contribution < -0.4 is 4.74 Å². The van der Waals surface area contributed by atoms with Crippen LogP contribution in [-0.2, 0) is 4.79 Å². The Morgan fingerprint density at radius 3 is 2.87 bits per heavy atom. The third kappa shape index (κ3) is 3.86. The number of carbonyl (C=O) groups excluding carboxylic acids is 1. The lowest BCUT2D eigenvalue weighted by molar-refractivity contribution is -0.134. The first-order valence-corrected chi connectivity index (χ1v) is 8.83. The van der Waals surface area contributed by atoms with Gasteiger partial charge in [-0.25, -0.2) is 0 Å². The van der Waals surface area contributed by atoms with Crippen molar-refractivity contribution in [3.05, 3.63) is 29.8 Å². The van der Waals surface area contributed by atoms with E-state index < -0.39 is 0 Å². The summed E-state index contributed by atoms with van der Waals surface area (Å²) in [7, 11) is 1.70. The maximum absolute atomic E-state index is 12.7. The number of hydrogen-bond acceptors (Lipinski definition) is 3. The standard InChI is InChI=1S/C19H28N2O2/c1-15-6-4-11-21(13-15)19(22)14-20-10-5-9-18(20)16-7-3-8-17(12-16)23-2/h3,7-8,12,15,18H,4-6,9-11,13-14H2,1-2H3. The highest BCUT2D eigenvalue weighted by atomic mass is 16.5. The number of carbonyl (C=O) groups is 1. The number of nitrogens with zero attached hydrogens (tertiary/aromatic N) is 2. The van der Waals surface area contributed by atoms with E-state index in [9.17, 15) is 4.79 Å². The van der Waals surface area contributed by atoms with Crippen molar-refractivity contribution in [2.75, 3.05) is 33.3 Å². The van der Waals surface area contributed by atoms with Gasteiger partial charge in [-0.2, -0.15) is 0 Å². The Morgan fingerprint density at radius 1 is 1.26 bits per heavy atom. The predicted molar refractivity (Wildman–Crippen MR) is 91.5 cm³/mol. The summed E-state index contributed by atoms with van der Waals surface area (Å²) in [5, 5.41) is 0. The second-order valence-electron chi connectivity index (χ2n) is 6.99. The largest absolute Gasteiger partial charge is 0.497 e. The molecule has 0 saturated carbocycles. The normalized spacial score (nSPS) is 25.6. The molecule has 2 heterocycles. The molecule has 1 amide bonds. The van der Waals surface area contributed by atoms with E-state index >= 15 is 0 Å². The molecule has 126 valence electrons. The molecule has 0 bridgehead atoms. The number of ether oxygens (including phenoxy) is 1. The quantitative estimate of drug-likeness (QED) is 0.856. The van der Waals surface area contributed by atoms with Crippen LogP contribution in [0.5, 0.6) is 5.75 Å². The van der Waals surface area contributed by atoms with Gasteiger partial charge in [-0.3, -0.25) is 9.69 Å². The van der Waals surface area contributed by atoms with Gasteiger partial charge < -0.3 is 9.64 Å².